The lowest BCUT2D eigenvalue weighted by atomic mass is 9.96. The molecule has 1 unspecified atom stereocenters. The van der Waals surface area contributed by atoms with Gasteiger partial charge in [-0.25, -0.2) is 4.79 Å². The van der Waals surface area contributed by atoms with Crippen LogP contribution in [0.1, 0.15) is 54.5 Å². The molecule has 0 aliphatic rings. The van der Waals surface area contributed by atoms with Gasteiger partial charge in [0.05, 0.1) is 25.3 Å². The summed E-state index contributed by atoms with van der Waals surface area (Å²) in [6, 6.07) is 6.61. The van der Waals surface area contributed by atoms with E-state index in [0.29, 0.717) is 26.9 Å². The highest BCUT2D eigenvalue weighted by molar-refractivity contribution is 7.18. The number of amides is 2. The standard InChI is InChI=1S/C23H30N2O6S/c1-13-10-19(25-22(28)23(3,4)5)32-20(13)21(27)31-12-18(26)24-14(2)16-11-15(29-6)8-9-17(16)30-7/h8-11,14H,12H2,1-7H3,(H,24,26)(H,25,28). The van der Waals surface area contributed by atoms with Gasteiger partial charge >= 0.3 is 5.97 Å². The van der Waals surface area contributed by atoms with E-state index in [1.807, 2.05) is 0 Å². The van der Waals surface area contributed by atoms with E-state index in [2.05, 4.69) is 10.6 Å². The Kier molecular flexibility index (Phi) is 8.26. The maximum absolute atomic E-state index is 12.5. The largest absolute Gasteiger partial charge is 0.497 e. The zero-order valence-corrected chi connectivity index (χ0v) is 20.3. The highest BCUT2D eigenvalue weighted by Gasteiger charge is 2.24. The van der Waals surface area contributed by atoms with E-state index in [0.717, 1.165) is 16.9 Å². The van der Waals surface area contributed by atoms with Crippen molar-refractivity contribution in [3.05, 3.63) is 40.3 Å². The van der Waals surface area contributed by atoms with E-state index in [9.17, 15) is 14.4 Å². The van der Waals surface area contributed by atoms with Crippen molar-refractivity contribution in [3.8, 4) is 11.5 Å². The number of benzene rings is 1. The van der Waals surface area contributed by atoms with Crippen molar-refractivity contribution < 1.29 is 28.6 Å². The molecule has 0 fully saturated rings. The molecule has 9 heteroatoms. The lowest BCUT2D eigenvalue weighted by molar-refractivity contribution is -0.125. The van der Waals surface area contributed by atoms with Gasteiger partial charge in [-0.3, -0.25) is 9.59 Å². The monoisotopic (exact) mass is 462 g/mol. The minimum absolute atomic E-state index is 0.153. The molecule has 0 radical (unpaired) electrons. The molecule has 0 aliphatic heterocycles. The third-order valence-corrected chi connectivity index (χ3v) is 5.77. The molecule has 0 bridgehead atoms. The fraction of sp³-hybridized carbons (Fsp3) is 0.435. The van der Waals surface area contributed by atoms with Crippen LogP contribution in [0.15, 0.2) is 24.3 Å². The number of carbonyl (C=O) groups excluding carboxylic acids is 3. The molecule has 32 heavy (non-hydrogen) atoms. The Morgan fingerprint density at radius 2 is 1.78 bits per heavy atom. The molecule has 0 spiro atoms. The molecule has 1 aromatic heterocycles. The number of esters is 1. The molecule has 1 atom stereocenters. The van der Waals surface area contributed by atoms with Crippen LogP contribution < -0.4 is 20.1 Å². The summed E-state index contributed by atoms with van der Waals surface area (Å²) in [5.41, 5.74) is 0.845. The molecule has 2 amide bonds. The lowest BCUT2D eigenvalue weighted by Gasteiger charge is -2.18. The van der Waals surface area contributed by atoms with E-state index in [1.165, 1.54) is 0 Å². The number of thiophene rings is 1. The molecule has 0 saturated carbocycles. The van der Waals surface area contributed by atoms with Crippen LogP contribution in [0, 0.1) is 12.3 Å². The van der Waals surface area contributed by atoms with Gasteiger partial charge in [0.1, 0.15) is 16.4 Å². The number of rotatable bonds is 8. The van der Waals surface area contributed by atoms with Crippen LogP contribution in [-0.2, 0) is 14.3 Å². The summed E-state index contributed by atoms with van der Waals surface area (Å²) in [4.78, 5) is 37.3. The van der Waals surface area contributed by atoms with E-state index >= 15 is 0 Å². The summed E-state index contributed by atoms with van der Waals surface area (Å²) in [7, 11) is 3.10. The first-order chi connectivity index (χ1) is 15.0. The Hall–Kier alpha value is -3.07. The maximum atomic E-state index is 12.5. The number of anilines is 1. The summed E-state index contributed by atoms with van der Waals surface area (Å²) in [5, 5.41) is 6.14. The average molecular weight is 463 g/mol. The Bertz CT molecular complexity index is 993. The Labute approximate surface area is 192 Å². The van der Waals surface area contributed by atoms with Crippen molar-refractivity contribution in [2.45, 2.75) is 40.7 Å². The van der Waals surface area contributed by atoms with Crippen molar-refractivity contribution in [1.29, 1.82) is 0 Å². The lowest BCUT2D eigenvalue weighted by Crippen LogP contribution is -2.31. The summed E-state index contributed by atoms with van der Waals surface area (Å²) in [6.45, 7) is 8.52. The van der Waals surface area contributed by atoms with Gasteiger partial charge in [-0.2, -0.15) is 0 Å². The summed E-state index contributed by atoms with van der Waals surface area (Å²) < 4.78 is 15.8. The highest BCUT2D eigenvalue weighted by atomic mass is 32.1. The molecule has 2 rings (SSSR count). The van der Waals surface area contributed by atoms with Gasteiger partial charge in [0.2, 0.25) is 5.91 Å². The minimum Gasteiger partial charge on any atom is -0.497 e. The van der Waals surface area contributed by atoms with E-state index < -0.39 is 29.9 Å². The van der Waals surface area contributed by atoms with Crippen molar-refractivity contribution >= 4 is 34.1 Å². The first-order valence-electron chi connectivity index (χ1n) is 10.1. The van der Waals surface area contributed by atoms with Gasteiger partial charge in [0.15, 0.2) is 6.61 Å². The number of hydrogen-bond donors (Lipinski definition) is 2. The van der Waals surface area contributed by atoms with Gasteiger partial charge < -0.3 is 24.8 Å². The SMILES string of the molecule is COc1ccc(OC)c(C(C)NC(=O)COC(=O)c2sc(NC(=O)C(C)(C)C)cc2C)c1. The van der Waals surface area contributed by atoms with Gasteiger partial charge in [0.25, 0.3) is 5.91 Å². The van der Waals surface area contributed by atoms with Crippen LogP contribution >= 0.6 is 11.3 Å². The van der Waals surface area contributed by atoms with Crippen LogP contribution in [0.2, 0.25) is 0 Å². The molecule has 0 aliphatic carbocycles. The molecule has 1 aromatic carbocycles. The van der Waals surface area contributed by atoms with Crippen LogP contribution in [0.4, 0.5) is 5.00 Å². The van der Waals surface area contributed by atoms with Crippen LogP contribution in [0.3, 0.4) is 0 Å². The molecular weight excluding hydrogens is 432 g/mol. The quantitative estimate of drug-likeness (QED) is 0.573. The topological polar surface area (TPSA) is 103 Å². The van der Waals surface area contributed by atoms with Gasteiger partial charge in [-0.1, -0.05) is 20.8 Å². The number of aryl methyl sites for hydroxylation is 1. The predicted molar refractivity (Wildman–Crippen MR) is 124 cm³/mol. The fourth-order valence-electron chi connectivity index (χ4n) is 2.78. The normalized spacial score (nSPS) is 12.0. The Morgan fingerprint density at radius 3 is 2.38 bits per heavy atom. The number of methoxy groups -OCH3 is 2. The molecule has 2 aromatic rings. The van der Waals surface area contributed by atoms with Crippen molar-refractivity contribution in [2.75, 3.05) is 26.1 Å². The smallest absolute Gasteiger partial charge is 0.349 e. The summed E-state index contributed by atoms with van der Waals surface area (Å²) in [5.74, 6) is 0.0159. The predicted octanol–water partition coefficient (Wildman–Crippen LogP) is 4.09. The molecule has 0 saturated heterocycles. The molecule has 8 nitrogen and oxygen atoms in total. The number of ether oxygens (including phenoxy) is 3. The Morgan fingerprint density at radius 1 is 1.09 bits per heavy atom. The second kappa shape index (κ2) is 10.5. The van der Waals surface area contributed by atoms with Crippen LogP contribution in [-0.4, -0.2) is 38.6 Å². The van der Waals surface area contributed by atoms with Crippen LogP contribution in [0.25, 0.3) is 0 Å². The van der Waals surface area contributed by atoms with Gasteiger partial charge in [-0.05, 0) is 43.7 Å². The molecular formula is C23H30N2O6S. The molecule has 1 heterocycles. The zero-order valence-electron chi connectivity index (χ0n) is 19.5. The number of hydrogen-bond acceptors (Lipinski definition) is 7. The van der Waals surface area contributed by atoms with E-state index in [4.69, 9.17) is 14.2 Å². The number of nitrogens with one attached hydrogen (secondary N) is 2. The first kappa shape index (κ1) is 25.2. The third kappa shape index (κ3) is 6.46. The van der Waals surface area contributed by atoms with Gasteiger partial charge in [-0.15, -0.1) is 11.3 Å². The van der Waals surface area contributed by atoms with Gasteiger partial charge in [0, 0.05) is 11.0 Å². The first-order valence-corrected chi connectivity index (χ1v) is 10.9. The van der Waals surface area contributed by atoms with Crippen molar-refractivity contribution in [3.63, 3.8) is 0 Å². The highest BCUT2D eigenvalue weighted by Crippen LogP contribution is 2.30. The second-order valence-corrected chi connectivity index (χ2v) is 9.35. The van der Waals surface area contributed by atoms with Crippen molar-refractivity contribution in [1.82, 2.24) is 5.32 Å². The Balaban J connectivity index is 1.97. The summed E-state index contributed by atoms with van der Waals surface area (Å²) in [6.07, 6.45) is 0. The van der Waals surface area contributed by atoms with E-state index in [1.54, 1.807) is 73.1 Å². The van der Waals surface area contributed by atoms with Crippen molar-refractivity contribution in [2.24, 2.45) is 5.41 Å². The molecule has 174 valence electrons. The third-order valence-electron chi connectivity index (χ3n) is 4.64. The number of carbonyl (C=O) groups is 3. The van der Waals surface area contributed by atoms with Crippen LogP contribution in [0.5, 0.6) is 11.5 Å². The van der Waals surface area contributed by atoms with E-state index in [-0.39, 0.29) is 5.91 Å². The molecule has 2 N–H and O–H groups in total. The average Bonchev–Trinajstić information content (AvgIpc) is 3.10. The minimum atomic E-state index is -0.620. The second-order valence-electron chi connectivity index (χ2n) is 8.30. The fourth-order valence-corrected chi connectivity index (χ4v) is 3.74. The maximum Gasteiger partial charge on any atom is 0.349 e. The summed E-state index contributed by atoms with van der Waals surface area (Å²) >= 11 is 1.11. The zero-order chi connectivity index (χ0) is 24.1.